The molecule has 3 amide bonds. The average molecular weight is 443 g/mol. The molecule has 0 fully saturated rings. The van der Waals surface area contributed by atoms with Crippen LogP contribution in [0.15, 0.2) is 52.4 Å². The van der Waals surface area contributed by atoms with Gasteiger partial charge in [-0.25, -0.2) is 14.2 Å². The predicted octanol–water partition coefficient (Wildman–Crippen LogP) is 3.55. The van der Waals surface area contributed by atoms with Gasteiger partial charge in [0, 0.05) is 6.54 Å². The van der Waals surface area contributed by atoms with Crippen LogP contribution in [0.4, 0.5) is 9.18 Å². The Morgan fingerprint density at radius 2 is 1.97 bits per heavy atom. The normalized spacial score (nSPS) is 10.8. The van der Waals surface area contributed by atoms with Crippen LogP contribution in [0.1, 0.15) is 25.3 Å². The molecule has 31 heavy (non-hydrogen) atoms. The number of urea groups is 1. The molecular weight excluding hydrogens is 419 g/mol. The summed E-state index contributed by atoms with van der Waals surface area (Å²) in [5.41, 5.74) is 0.866. The van der Waals surface area contributed by atoms with Crippen LogP contribution in [0.25, 0.3) is 16.6 Å². The largest absolute Gasteiger partial charge is 0.338 e. The highest BCUT2D eigenvalue weighted by Crippen LogP contribution is 2.22. The van der Waals surface area contributed by atoms with E-state index in [0.717, 1.165) is 24.6 Å². The Morgan fingerprint density at radius 1 is 1.19 bits per heavy atom. The van der Waals surface area contributed by atoms with Crippen LogP contribution < -0.4 is 16.2 Å². The van der Waals surface area contributed by atoms with Crippen molar-refractivity contribution in [3.63, 3.8) is 0 Å². The maximum Gasteiger partial charge on any atom is 0.321 e. The minimum Gasteiger partial charge on any atom is -0.338 e. The summed E-state index contributed by atoms with van der Waals surface area (Å²) in [6.45, 7) is 4.11. The summed E-state index contributed by atoms with van der Waals surface area (Å²) in [4.78, 5) is 41.6. The van der Waals surface area contributed by atoms with Gasteiger partial charge in [0.05, 0.1) is 22.3 Å². The molecule has 1 aromatic heterocycles. The average Bonchev–Trinajstić information content (AvgIpc) is 2.75. The molecule has 2 aromatic carbocycles. The van der Waals surface area contributed by atoms with E-state index < -0.39 is 17.8 Å². The van der Waals surface area contributed by atoms with Crippen molar-refractivity contribution in [2.24, 2.45) is 0 Å². The number of amides is 3. The Hall–Kier alpha value is -3.20. The maximum absolute atomic E-state index is 14.2. The van der Waals surface area contributed by atoms with E-state index in [9.17, 15) is 18.8 Å². The number of imide groups is 1. The summed E-state index contributed by atoms with van der Waals surface area (Å²) in [5, 5.41) is 5.47. The Morgan fingerprint density at radius 3 is 2.71 bits per heavy atom. The topological polar surface area (TPSA) is 93.1 Å². The van der Waals surface area contributed by atoms with Gasteiger partial charge in [-0.2, -0.15) is 0 Å². The highest BCUT2D eigenvalue weighted by Gasteiger charge is 2.16. The van der Waals surface area contributed by atoms with Crippen LogP contribution in [0.2, 0.25) is 0 Å². The van der Waals surface area contributed by atoms with Gasteiger partial charge in [0.1, 0.15) is 5.82 Å². The number of fused-ring (bicyclic) bond motifs is 1. The third-order valence-corrected chi connectivity index (χ3v) is 5.50. The van der Waals surface area contributed by atoms with Gasteiger partial charge < -0.3 is 5.32 Å². The van der Waals surface area contributed by atoms with E-state index in [1.807, 2.05) is 6.92 Å². The van der Waals surface area contributed by atoms with Crippen molar-refractivity contribution in [1.29, 1.82) is 0 Å². The summed E-state index contributed by atoms with van der Waals surface area (Å²) in [6, 6.07) is 10.7. The molecule has 0 aliphatic rings. The lowest BCUT2D eigenvalue weighted by Crippen LogP contribution is -2.40. The molecule has 0 saturated heterocycles. The molecular formula is C22H23FN4O3S. The monoisotopic (exact) mass is 442 g/mol. The molecule has 0 bridgehead atoms. The van der Waals surface area contributed by atoms with Crippen molar-refractivity contribution in [1.82, 2.24) is 20.2 Å². The van der Waals surface area contributed by atoms with Gasteiger partial charge >= 0.3 is 6.03 Å². The third kappa shape index (κ3) is 5.49. The number of carbonyl (C=O) groups excluding carboxylic acids is 2. The minimum atomic E-state index is -0.566. The summed E-state index contributed by atoms with van der Waals surface area (Å²) in [7, 11) is 0. The lowest BCUT2D eigenvalue weighted by atomic mass is 10.2. The second kappa shape index (κ2) is 10.2. The van der Waals surface area contributed by atoms with Crippen LogP contribution in [-0.2, 0) is 4.79 Å². The van der Waals surface area contributed by atoms with Crippen LogP contribution >= 0.6 is 11.8 Å². The molecule has 0 aliphatic carbocycles. The number of para-hydroxylation sites is 1. The van der Waals surface area contributed by atoms with Crippen molar-refractivity contribution >= 4 is 34.6 Å². The second-order valence-corrected chi connectivity index (χ2v) is 7.87. The van der Waals surface area contributed by atoms with E-state index in [1.165, 1.54) is 10.6 Å². The first-order chi connectivity index (χ1) is 14.9. The van der Waals surface area contributed by atoms with Gasteiger partial charge in [-0.1, -0.05) is 43.3 Å². The van der Waals surface area contributed by atoms with Gasteiger partial charge in [-0.05, 0) is 43.2 Å². The molecule has 0 aliphatic heterocycles. The lowest BCUT2D eigenvalue weighted by molar-refractivity contribution is -0.117. The Bertz CT molecular complexity index is 1180. The molecule has 3 rings (SSSR count). The molecule has 1 heterocycles. The number of halogens is 1. The molecule has 0 unspecified atom stereocenters. The highest BCUT2D eigenvalue weighted by atomic mass is 32.2. The first-order valence-electron chi connectivity index (χ1n) is 9.89. The van der Waals surface area contributed by atoms with E-state index in [1.54, 1.807) is 43.3 Å². The summed E-state index contributed by atoms with van der Waals surface area (Å²) < 4.78 is 15.5. The minimum absolute atomic E-state index is 0.139. The summed E-state index contributed by atoms with van der Waals surface area (Å²) in [5.74, 6) is -1.11. The van der Waals surface area contributed by atoms with E-state index in [0.29, 0.717) is 28.7 Å². The molecule has 0 radical (unpaired) electrons. The van der Waals surface area contributed by atoms with E-state index in [-0.39, 0.29) is 16.5 Å². The van der Waals surface area contributed by atoms with Crippen molar-refractivity contribution in [2.75, 3.05) is 12.3 Å². The number of aryl methyl sites for hydroxylation is 1. The molecule has 2 N–H and O–H groups in total. The molecule has 162 valence electrons. The number of hydrogen-bond donors (Lipinski definition) is 2. The standard InChI is InChI=1S/C22H23FN4O3S/c1-3-4-11-24-21(30)26-19(28)13-31-22-25-18-8-6-5-7-16(18)20(29)27(22)15-10-9-14(2)17(23)12-15/h5-10,12H,3-4,11,13H2,1-2H3,(H2,24,26,28,30). The van der Waals surface area contributed by atoms with Crippen LogP contribution in [0.5, 0.6) is 0 Å². The predicted molar refractivity (Wildman–Crippen MR) is 119 cm³/mol. The van der Waals surface area contributed by atoms with Crippen molar-refractivity contribution < 1.29 is 14.0 Å². The number of nitrogens with one attached hydrogen (secondary N) is 2. The zero-order chi connectivity index (χ0) is 22.4. The Kier molecular flexibility index (Phi) is 7.41. The number of unbranched alkanes of at least 4 members (excludes halogenated alkanes) is 1. The van der Waals surface area contributed by atoms with Crippen molar-refractivity contribution in [3.05, 3.63) is 64.2 Å². The van der Waals surface area contributed by atoms with Gasteiger partial charge in [0.25, 0.3) is 5.56 Å². The molecule has 3 aromatic rings. The fraction of sp³-hybridized carbons (Fsp3) is 0.273. The van der Waals surface area contributed by atoms with E-state index in [4.69, 9.17) is 0 Å². The van der Waals surface area contributed by atoms with Crippen LogP contribution in [0.3, 0.4) is 0 Å². The molecule has 7 nitrogen and oxygen atoms in total. The van der Waals surface area contributed by atoms with Crippen molar-refractivity contribution in [3.8, 4) is 5.69 Å². The number of rotatable bonds is 7. The fourth-order valence-corrected chi connectivity index (χ4v) is 3.69. The Balaban J connectivity index is 1.88. The third-order valence-electron chi connectivity index (χ3n) is 4.56. The van der Waals surface area contributed by atoms with Gasteiger partial charge in [0.15, 0.2) is 5.16 Å². The first-order valence-corrected chi connectivity index (χ1v) is 10.9. The first kappa shape index (κ1) is 22.5. The molecule has 0 spiro atoms. The zero-order valence-corrected chi connectivity index (χ0v) is 18.1. The lowest BCUT2D eigenvalue weighted by Gasteiger charge is -2.14. The summed E-state index contributed by atoms with van der Waals surface area (Å²) >= 11 is 0.997. The van der Waals surface area contributed by atoms with Crippen LogP contribution in [-0.4, -0.2) is 33.8 Å². The highest BCUT2D eigenvalue weighted by molar-refractivity contribution is 7.99. The number of carbonyl (C=O) groups is 2. The summed E-state index contributed by atoms with van der Waals surface area (Å²) in [6.07, 6.45) is 1.74. The number of aromatic nitrogens is 2. The second-order valence-electron chi connectivity index (χ2n) is 6.93. The SMILES string of the molecule is CCCCNC(=O)NC(=O)CSc1nc2ccccc2c(=O)n1-c1ccc(C)c(F)c1. The molecule has 0 atom stereocenters. The quantitative estimate of drug-likeness (QED) is 0.332. The van der Waals surface area contributed by atoms with Gasteiger partial charge in [-0.15, -0.1) is 0 Å². The number of hydrogen-bond acceptors (Lipinski definition) is 5. The van der Waals surface area contributed by atoms with Crippen molar-refractivity contribution in [2.45, 2.75) is 31.8 Å². The number of nitrogens with zero attached hydrogens (tertiary/aromatic N) is 2. The number of benzene rings is 2. The van der Waals surface area contributed by atoms with Gasteiger partial charge in [-0.3, -0.25) is 19.5 Å². The van der Waals surface area contributed by atoms with Gasteiger partial charge in [0.2, 0.25) is 5.91 Å². The smallest absolute Gasteiger partial charge is 0.321 e. The van der Waals surface area contributed by atoms with E-state index >= 15 is 0 Å². The molecule has 9 heteroatoms. The van der Waals surface area contributed by atoms with E-state index in [2.05, 4.69) is 15.6 Å². The zero-order valence-electron chi connectivity index (χ0n) is 17.3. The molecule has 0 saturated carbocycles. The van der Waals surface area contributed by atoms with Crippen LogP contribution in [0, 0.1) is 12.7 Å². The Labute approximate surface area is 183 Å². The fourth-order valence-electron chi connectivity index (χ4n) is 2.87. The maximum atomic E-state index is 14.2. The number of thioether (sulfide) groups is 1.